The van der Waals surface area contributed by atoms with Crippen LogP contribution in [0.25, 0.3) is 0 Å². The second-order valence-electron chi connectivity index (χ2n) is 9.97. The Morgan fingerprint density at radius 2 is 1.72 bits per heavy atom. The van der Waals surface area contributed by atoms with Crippen LogP contribution >= 0.6 is 11.3 Å². The van der Waals surface area contributed by atoms with E-state index in [1.54, 1.807) is 27.3 Å². The Labute approximate surface area is 216 Å². The molecule has 1 aliphatic heterocycles. The Morgan fingerprint density at radius 3 is 2.44 bits per heavy atom. The maximum absolute atomic E-state index is 13.7. The van der Waals surface area contributed by atoms with Crippen LogP contribution in [0, 0.1) is 12.8 Å². The normalized spacial score (nSPS) is 18.3. The molecule has 1 aromatic heterocycles. The van der Waals surface area contributed by atoms with E-state index in [4.69, 9.17) is 0 Å². The summed E-state index contributed by atoms with van der Waals surface area (Å²) >= 11 is 1.44. The Morgan fingerprint density at radius 1 is 1.00 bits per heavy atom. The number of hydrogen-bond acceptors (Lipinski definition) is 5. The molecule has 1 aromatic carbocycles. The van der Waals surface area contributed by atoms with Gasteiger partial charge in [-0.2, -0.15) is 11.3 Å². The minimum atomic E-state index is -0.655. The molecule has 1 aliphatic carbocycles. The van der Waals surface area contributed by atoms with Crippen molar-refractivity contribution < 1.29 is 19.2 Å². The van der Waals surface area contributed by atoms with E-state index in [1.165, 1.54) is 17.8 Å². The molecule has 192 valence electrons. The smallest absolute Gasteiger partial charge is 0.254 e. The van der Waals surface area contributed by atoms with Gasteiger partial charge in [-0.15, -0.1) is 0 Å². The van der Waals surface area contributed by atoms with Gasteiger partial charge in [-0.05, 0) is 48.8 Å². The SMILES string of the molecule is Cc1ccccc1C(=O)N1CCCN(C(=O)[C@H](CC2CCCCC2)NC(=O)c2ccsc2)CC(=O)C1. The molecule has 0 spiro atoms. The molecule has 2 heterocycles. The molecule has 8 heteroatoms. The van der Waals surface area contributed by atoms with Crippen LogP contribution in [0.4, 0.5) is 0 Å². The van der Waals surface area contributed by atoms with Crippen molar-refractivity contribution >= 4 is 34.8 Å². The van der Waals surface area contributed by atoms with Gasteiger partial charge in [0.05, 0.1) is 18.7 Å². The maximum atomic E-state index is 13.7. The lowest BCUT2D eigenvalue weighted by Gasteiger charge is -2.33. The summed E-state index contributed by atoms with van der Waals surface area (Å²) in [4.78, 5) is 55.6. The summed E-state index contributed by atoms with van der Waals surface area (Å²) in [6, 6.07) is 8.47. The number of hydrogen-bond donors (Lipinski definition) is 1. The molecule has 2 aliphatic rings. The number of carbonyl (C=O) groups excluding carboxylic acids is 4. The van der Waals surface area contributed by atoms with Crippen LogP contribution in [-0.4, -0.2) is 65.5 Å². The summed E-state index contributed by atoms with van der Waals surface area (Å²) in [5.41, 5.74) is 2.03. The summed E-state index contributed by atoms with van der Waals surface area (Å²) in [6.07, 6.45) is 6.81. The van der Waals surface area contributed by atoms with Crippen molar-refractivity contribution in [2.75, 3.05) is 26.2 Å². The van der Waals surface area contributed by atoms with Crippen LogP contribution in [0.2, 0.25) is 0 Å². The molecule has 2 aromatic rings. The molecule has 3 amide bonds. The highest BCUT2D eigenvalue weighted by molar-refractivity contribution is 7.08. The zero-order valence-electron chi connectivity index (χ0n) is 20.9. The molecule has 1 saturated heterocycles. The van der Waals surface area contributed by atoms with Crippen molar-refractivity contribution in [3.63, 3.8) is 0 Å². The molecule has 1 N–H and O–H groups in total. The highest BCUT2D eigenvalue weighted by atomic mass is 32.1. The highest BCUT2D eigenvalue weighted by Gasteiger charge is 2.32. The highest BCUT2D eigenvalue weighted by Crippen LogP contribution is 2.28. The van der Waals surface area contributed by atoms with E-state index >= 15 is 0 Å². The number of rotatable bonds is 6. The van der Waals surface area contributed by atoms with Gasteiger partial charge in [-0.25, -0.2) is 0 Å². The fourth-order valence-electron chi connectivity index (χ4n) is 5.26. The van der Waals surface area contributed by atoms with E-state index in [9.17, 15) is 19.2 Å². The number of benzene rings is 1. The number of amides is 3. The molecule has 1 atom stereocenters. The largest absolute Gasteiger partial charge is 0.340 e. The van der Waals surface area contributed by atoms with Crippen molar-refractivity contribution in [3.8, 4) is 0 Å². The van der Waals surface area contributed by atoms with Crippen LogP contribution < -0.4 is 5.32 Å². The lowest BCUT2D eigenvalue weighted by atomic mass is 9.84. The quantitative estimate of drug-likeness (QED) is 0.636. The minimum Gasteiger partial charge on any atom is -0.340 e. The Kier molecular flexibility index (Phi) is 8.91. The van der Waals surface area contributed by atoms with E-state index < -0.39 is 6.04 Å². The van der Waals surface area contributed by atoms with Crippen LogP contribution in [-0.2, 0) is 9.59 Å². The van der Waals surface area contributed by atoms with Crippen LogP contribution in [0.5, 0.6) is 0 Å². The summed E-state index contributed by atoms with van der Waals surface area (Å²) < 4.78 is 0. The van der Waals surface area contributed by atoms with Gasteiger partial charge >= 0.3 is 0 Å². The lowest BCUT2D eigenvalue weighted by molar-refractivity contribution is -0.138. The van der Waals surface area contributed by atoms with Crippen molar-refractivity contribution in [2.45, 2.75) is 57.9 Å². The molecule has 2 fully saturated rings. The van der Waals surface area contributed by atoms with Gasteiger partial charge in [0.1, 0.15) is 6.04 Å². The summed E-state index contributed by atoms with van der Waals surface area (Å²) in [6.45, 7) is 2.59. The van der Waals surface area contributed by atoms with Crippen molar-refractivity contribution in [1.29, 1.82) is 0 Å². The topological polar surface area (TPSA) is 86.8 Å². The first-order valence-electron chi connectivity index (χ1n) is 12.9. The first-order chi connectivity index (χ1) is 17.4. The summed E-state index contributed by atoms with van der Waals surface area (Å²) in [7, 11) is 0. The fourth-order valence-corrected chi connectivity index (χ4v) is 5.90. The number of nitrogens with one attached hydrogen (secondary N) is 1. The molecule has 4 rings (SSSR count). The number of ketones is 1. The Bertz CT molecular complexity index is 1080. The van der Waals surface area contributed by atoms with E-state index in [1.807, 2.05) is 30.5 Å². The first kappa shape index (κ1) is 26.1. The maximum Gasteiger partial charge on any atom is 0.254 e. The van der Waals surface area contributed by atoms with Gasteiger partial charge in [0.2, 0.25) is 5.91 Å². The Hall–Kier alpha value is -3.00. The molecular weight excluding hydrogens is 474 g/mol. The van der Waals surface area contributed by atoms with Gasteiger partial charge in [0.25, 0.3) is 11.8 Å². The van der Waals surface area contributed by atoms with Gasteiger partial charge in [-0.1, -0.05) is 50.3 Å². The number of Topliss-reactive ketones (excluding diaryl/α,β-unsaturated/α-hetero) is 1. The monoisotopic (exact) mass is 509 g/mol. The van der Waals surface area contributed by atoms with Crippen LogP contribution in [0.15, 0.2) is 41.1 Å². The zero-order chi connectivity index (χ0) is 25.5. The van der Waals surface area contributed by atoms with E-state index in [0.717, 1.165) is 31.2 Å². The average Bonchev–Trinajstić information content (AvgIpc) is 3.41. The second-order valence-corrected chi connectivity index (χ2v) is 10.8. The third-order valence-electron chi connectivity index (χ3n) is 7.25. The van der Waals surface area contributed by atoms with Crippen molar-refractivity contribution in [3.05, 3.63) is 57.8 Å². The Balaban J connectivity index is 1.43. The number of aryl methyl sites for hydroxylation is 1. The lowest BCUT2D eigenvalue weighted by Crippen LogP contribution is -2.53. The molecule has 0 bridgehead atoms. The molecular formula is C28H35N3O4S. The van der Waals surface area contributed by atoms with Gasteiger partial charge in [0.15, 0.2) is 5.78 Å². The molecule has 0 radical (unpaired) electrons. The standard InChI is InChI=1S/C28H35N3O4S/c1-20-8-5-6-11-24(20)27(34)30-13-7-14-31(18-23(32)17-30)28(35)25(16-21-9-3-2-4-10-21)29-26(33)22-12-15-36-19-22/h5-6,8,11-12,15,19,21,25H,2-4,7,9-10,13-14,16-18H2,1H3,(H,29,33)/t25-/m0/s1. The number of thiophene rings is 1. The average molecular weight is 510 g/mol. The third kappa shape index (κ3) is 6.60. The van der Waals surface area contributed by atoms with E-state index in [0.29, 0.717) is 43.0 Å². The predicted octanol–water partition coefficient (Wildman–Crippen LogP) is 4.07. The molecule has 1 saturated carbocycles. The van der Waals surface area contributed by atoms with Crippen molar-refractivity contribution in [2.24, 2.45) is 5.92 Å². The van der Waals surface area contributed by atoms with Gasteiger partial charge in [0, 0.05) is 24.0 Å². The molecule has 36 heavy (non-hydrogen) atoms. The predicted molar refractivity (Wildman–Crippen MR) is 140 cm³/mol. The second kappa shape index (κ2) is 12.3. The molecule has 7 nitrogen and oxygen atoms in total. The molecule has 0 unspecified atom stereocenters. The summed E-state index contributed by atoms with van der Waals surface area (Å²) in [5, 5.41) is 6.59. The number of carbonyl (C=O) groups is 4. The van der Waals surface area contributed by atoms with E-state index in [-0.39, 0.29) is 36.6 Å². The van der Waals surface area contributed by atoms with Crippen LogP contribution in [0.3, 0.4) is 0 Å². The summed E-state index contributed by atoms with van der Waals surface area (Å²) in [5.74, 6) is -0.386. The minimum absolute atomic E-state index is 0.0223. The van der Waals surface area contributed by atoms with E-state index in [2.05, 4.69) is 5.32 Å². The number of nitrogens with zero attached hydrogens (tertiary/aromatic N) is 2. The van der Waals surface area contributed by atoms with Crippen LogP contribution in [0.1, 0.15) is 71.2 Å². The van der Waals surface area contributed by atoms with Gasteiger partial charge < -0.3 is 15.1 Å². The van der Waals surface area contributed by atoms with Gasteiger partial charge in [-0.3, -0.25) is 19.2 Å². The fraction of sp³-hybridized carbons (Fsp3) is 0.500. The van der Waals surface area contributed by atoms with Crippen molar-refractivity contribution in [1.82, 2.24) is 15.1 Å². The third-order valence-corrected chi connectivity index (χ3v) is 7.93. The first-order valence-corrected chi connectivity index (χ1v) is 13.8. The zero-order valence-corrected chi connectivity index (χ0v) is 21.7.